The Balaban J connectivity index is 1.75. The van der Waals surface area contributed by atoms with Crippen LogP contribution in [-0.2, 0) is 0 Å². The maximum Gasteiger partial charge on any atom is 0.0433 e. The molecule has 0 spiro atoms. The predicted octanol–water partition coefficient (Wildman–Crippen LogP) is 2.66. The average molecular weight is 225 g/mol. The first kappa shape index (κ1) is 12.4. The van der Waals surface area contributed by atoms with E-state index in [-0.39, 0.29) is 0 Å². The molecule has 0 unspecified atom stereocenters. The van der Waals surface area contributed by atoms with E-state index >= 15 is 0 Å². The summed E-state index contributed by atoms with van der Waals surface area (Å²) in [6.07, 6.45) is 9.37. The van der Waals surface area contributed by atoms with Gasteiger partial charge in [0.15, 0.2) is 0 Å². The fourth-order valence-electron chi connectivity index (χ4n) is 3.52. The second-order valence-corrected chi connectivity index (χ2v) is 5.92. The molecule has 0 aromatic heterocycles. The molecule has 1 N–H and O–H groups in total. The lowest BCUT2D eigenvalue weighted by atomic mass is 9.84. The Kier molecular flexibility index (Phi) is 4.66. The summed E-state index contributed by atoms with van der Waals surface area (Å²) in [4.78, 5) is 2.73. The second-order valence-electron chi connectivity index (χ2n) is 5.92. The van der Waals surface area contributed by atoms with Crippen molar-refractivity contribution < 1.29 is 5.11 Å². The normalized spacial score (nSPS) is 34.1. The molecule has 1 heterocycles. The summed E-state index contributed by atoms with van der Waals surface area (Å²) in [6, 6.07) is 0.874. The van der Waals surface area contributed by atoms with Crippen LogP contribution in [0, 0.1) is 11.8 Å². The summed E-state index contributed by atoms with van der Waals surface area (Å²) in [5, 5.41) is 8.95. The quantitative estimate of drug-likeness (QED) is 0.798. The molecule has 0 radical (unpaired) electrons. The second kappa shape index (κ2) is 6.02. The fraction of sp³-hybridized carbons (Fsp3) is 1.00. The zero-order chi connectivity index (χ0) is 11.4. The number of aliphatic hydroxyl groups is 1. The van der Waals surface area contributed by atoms with Gasteiger partial charge in [-0.3, -0.25) is 0 Å². The number of nitrogens with zero attached hydrogens (tertiary/aromatic N) is 1. The van der Waals surface area contributed by atoms with Gasteiger partial charge in [-0.05, 0) is 57.0 Å². The molecule has 2 nitrogen and oxygen atoms in total. The standard InChI is InChI=1S/C14H27NO/c1-12-3-2-4-14(11-12)15-8-5-13(6-9-15)7-10-16/h12-14,16H,2-11H2,1H3/t12-,14-/m0/s1. The first-order valence-electron chi connectivity index (χ1n) is 7.14. The number of hydrogen-bond donors (Lipinski definition) is 1. The minimum absolute atomic E-state index is 0.380. The summed E-state index contributed by atoms with van der Waals surface area (Å²) < 4.78 is 0. The molecule has 1 saturated heterocycles. The van der Waals surface area contributed by atoms with Crippen LogP contribution in [0.1, 0.15) is 51.9 Å². The highest BCUT2D eigenvalue weighted by Gasteiger charge is 2.27. The Morgan fingerprint density at radius 1 is 1.12 bits per heavy atom. The first-order valence-corrected chi connectivity index (χ1v) is 7.14. The molecule has 1 aliphatic carbocycles. The van der Waals surface area contributed by atoms with E-state index in [1.54, 1.807) is 0 Å². The molecule has 0 bridgehead atoms. The molecule has 2 fully saturated rings. The Morgan fingerprint density at radius 2 is 1.88 bits per heavy atom. The molecule has 2 aliphatic rings. The van der Waals surface area contributed by atoms with Crippen LogP contribution in [0.5, 0.6) is 0 Å². The van der Waals surface area contributed by atoms with E-state index in [9.17, 15) is 0 Å². The average Bonchev–Trinajstić information content (AvgIpc) is 2.30. The molecule has 2 heteroatoms. The van der Waals surface area contributed by atoms with Gasteiger partial charge in [0.2, 0.25) is 0 Å². The number of aliphatic hydroxyl groups excluding tert-OH is 1. The van der Waals surface area contributed by atoms with Crippen LogP contribution in [0.2, 0.25) is 0 Å². The Morgan fingerprint density at radius 3 is 2.50 bits per heavy atom. The zero-order valence-corrected chi connectivity index (χ0v) is 10.7. The van der Waals surface area contributed by atoms with E-state index in [1.165, 1.54) is 51.6 Å². The molecular weight excluding hydrogens is 198 g/mol. The van der Waals surface area contributed by atoms with Gasteiger partial charge in [-0.1, -0.05) is 19.8 Å². The summed E-state index contributed by atoms with van der Waals surface area (Å²) in [5.74, 6) is 1.73. The minimum atomic E-state index is 0.380. The van der Waals surface area contributed by atoms with Crippen LogP contribution in [0.25, 0.3) is 0 Å². The van der Waals surface area contributed by atoms with Crippen LogP contribution in [-0.4, -0.2) is 35.7 Å². The van der Waals surface area contributed by atoms with E-state index in [2.05, 4.69) is 11.8 Å². The van der Waals surface area contributed by atoms with Gasteiger partial charge in [-0.2, -0.15) is 0 Å². The van der Waals surface area contributed by atoms with E-state index in [0.717, 1.165) is 24.3 Å². The molecule has 1 saturated carbocycles. The van der Waals surface area contributed by atoms with Crippen molar-refractivity contribution in [3.63, 3.8) is 0 Å². The largest absolute Gasteiger partial charge is 0.396 e. The van der Waals surface area contributed by atoms with E-state index < -0.39 is 0 Å². The smallest absolute Gasteiger partial charge is 0.0433 e. The lowest BCUT2D eigenvalue weighted by Crippen LogP contribution is -2.43. The molecule has 0 amide bonds. The highest BCUT2D eigenvalue weighted by atomic mass is 16.3. The third-order valence-electron chi connectivity index (χ3n) is 4.61. The van der Waals surface area contributed by atoms with Crippen molar-refractivity contribution in [2.24, 2.45) is 11.8 Å². The Bertz CT molecular complexity index is 199. The highest BCUT2D eigenvalue weighted by Crippen LogP contribution is 2.30. The van der Waals surface area contributed by atoms with Crippen LogP contribution in [0.15, 0.2) is 0 Å². The molecule has 94 valence electrons. The van der Waals surface area contributed by atoms with Crippen LogP contribution in [0.3, 0.4) is 0 Å². The van der Waals surface area contributed by atoms with Crippen LogP contribution in [0.4, 0.5) is 0 Å². The van der Waals surface area contributed by atoms with Crippen LogP contribution < -0.4 is 0 Å². The van der Waals surface area contributed by atoms with Gasteiger partial charge in [-0.15, -0.1) is 0 Å². The van der Waals surface area contributed by atoms with Gasteiger partial charge < -0.3 is 10.0 Å². The monoisotopic (exact) mass is 225 g/mol. The Labute approximate surface area is 100 Å². The summed E-state index contributed by atoms with van der Waals surface area (Å²) >= 11 is 0. The van der Waals surface area contributed by atoms with Crippen LogP contribution >= 0.6 is 0 Å². The number of hydrogen-bond acceptors (Lipinski definition) is 2. The van der Waals surface area contributed by atoms with Gasteiger partial charge in [0.1, 0.15) is 0 Å². The summed E-state index contributed by atoms with van der Waals surface area (Å²) in [5.41, 5.74) is 0. The molecule has 16 heavy (non-hydrogen) atoms. The molecular formula is C14H27NO. The van der Waals surface area contributed by atoms with Gasteiger partial charge in [0, 0.05) is 12.6 Å². The van der Waals surface area contributed by atoms with E-state index in [1.807, 2.05) is 0 Å². The lowest BCUT2D eigenvalue weighted by Gasteiger charge is -2.40. The first-order chi connectivity index (χ1) is 7.79. The topological polar surface area (TPSA) is 23.5 Å². The van der Waals surface area contributed by atoms with Gasteiger partial charge >= 0.3 is 0 Å². The molecule has 0 aromatic carbocycles. The zero-order valence-electron chi connectivity index (χ0n) is 10.7. The minimum Gasteiger partial charge on any atom is -0.396 e. The van der Waals surface area contributed by atoms with Gasteiger partial charge in [0.05, 0.1) is 0 Å². The molecule has 2 atom stereocenters. The number of piperidine rings is 1. The van der Waals surface area contributed by atoms with Gasteiger partial charge in [-0.25, -0.2) is 0 Å². The van der Waals surface area contributed by atoms with Crippen molar-refractivity contribution in [1.29, 1.82) is 0 Å². The van der Waals surface area contributed by atoms with Crippen molar-refractivity contribution in [3.8, 4) is 0 Å². The lowest BCUT2D eigenvalue weighted by molar-refractivity contribution is 0.0854. The van der Waals surface area contributed by atoms with Crippen molar-refractivity contribution in [3.05, 3.63) is 0 Å². The molecule has 0 aromatic rings. The number of likely N-dealkylation sites (tertiary alicyclic amines) is 1. The van der Waals surface area contributed by atoms with Crippen molar-refractivity contribution in [2.45, 2.75) is 57.9 Å². The van der Waals surface area contributed by atoms with Crippen molar-refractivity contribution >= 4 is 0 Å². The third-order valence-corrected chi connectivity index (χ3v) is 4.61. The van der Waals surface area contributed by atoms with Crippen molar-refractivity contribution in [1.82, 2.24) is 4.90 Å². The van der Waals surface area contributed by atoms with Crippen molar-refractivity contribution in [2.75, 3.05) is 19.7 Å². The maximum atomic E-state index is 8.95. The predicted molar refractivity (Wildman–Crippen MR) is 67.4 cm³/mol. The Hall–Kier alpha value is -0.0800. The molecule has 2 rings (SSSR count). The SMILES string of the molecule is C[C@H]1CCC[C@H](N2CCC(CCO)CC2)C1. The molecule has 1 aliphatic heterocycles. The summed E-state index contributed by atoms with van der Waals surface area (Å²) in [7, 11) is 0. The van der Waals surface area contributed by atoms with Gasteiger partial charge in [0.25, 0.3) is 0 Å². The van der Waals surface area contributed by atoms with E-state index in [4.69, 9.17) is 5.11 Å². The number of rotatable bonds is 3. The highest BCUT2D eigenvalue weighted by molar-refractivity contribution is 4.82. The van der Waals surface area contributed by atoms with E-state index in [0.29, 0.717) is 6.61 Å². The maximum absolute atomic E-state index is 8.95. The fourth-order valence-corrected chi connectivity index (χ4v) is 3.52. The summed E-state index contributed by atoms with van der Waals surface area (Å²) in [6.45, 7) is 5.35. The third kappa shape index (κ3) is 3.21.